The third-order valence-electron chi connectivity index (χ3n) is 5.34. The fourth-order valence-corrected chi connectivity index (χ4v) is 4.36. The van der Waals surface area contributed by atoms with E-state index < -0.39 is 17.9 Å². The molecule has 0 bridgehead atoms. The maximum atomic E-state index is 12.9. The van der Waals surface area contributed by atoms with E-state index in [1.54, 1.807) is 37.4 Å². The van der Waals surface area contributed by atoms with Gasteiger partial charge < -0.3 is 20.1 Å². The molecule has 0 aliphatic carbocycles. The lowest BCUT2D eigenvalue weighted by Gasteiger charge is -2.29. The Balaban J connectivity index is 1.77. The van der Waals surface area contributed by atoms with E-state index in [9.17, 15) is 14.7 Å². The van der Waals surface area contributed by atoms with Crippen LogP contribution < -0.4 is 10.2 Å². The second-order valence-corrected chi connectivity index (χ2v) is 8.78. The number of nitriles is 1. The van der Waals surface area contributed by atoms with E-state index in [0.717, 1.165) is 29.2 Å². The molecule has 9 heteroatoms. The molecule has 2 N–H and O–H groups in total. The van der Waals surface area contributed by atoms with E-state index >= 15 is 0 Å². The van der Waals surface area contributed by atoms with Gasteiger partial charge in [0.1, 0.15) is 11.8 Å². The number of aromatic hydroxyl groups is 1. The number of morpholine rings is 1. The molecule has 1 aliphatic rings. The summed E-state index contributed by atoms with van der Waals surface area (Å²) >= 11 is 2.02. The Labute approximate surface area is 200 Å². The average molecular weight is 548 g/mol. The van der Waals surface area contributed by atoms with Gasteiger partial charge in [0.15, 0.2) is 6.19 Å². The summed E-state index contributed by atoms with van der Waals surface area (Å²) in [5.41, 5.74) is 2.89. The van der Waals surface area contributed by atoms with Crippen LogP contribution in [0.4, 0.5) is 5.69 Å². The van der Waals surface area contributed by atoms with E-state index in [1.165, 1.54) is 7.05 Å². The van der Waals surface area contributed by atoms with Gasteiger partial charge in [0.25, 0.3) is 11.8 Å². The zero-order valence-electron chi connectivity index (χ0n) is 18.0. The molecule has 3 rings (SSSR count). The lowest BCUT2D eigenvalue weighted by Crippen LogP contribution is -2.47. The number of phenolic OH excluding ortho intramolecular Hbond substituents is 1. The van der Waals surface area contributed by atoms with Crippen molar-refractivity contribution in [3.63, 3.8) is 0 Å². The number of aryl methyl sites for hydroxylation is 1. The number of amides is 2. The predicted octanol–water partition coefficient (Wildman–Crippen LogP) is 2.42. The van der Waals surface area contributed by atoms with Gasteiger partial charge in [-0.2, -0.15) is 5.26 Å². The lowest BCUT2D eigenvalue weighted by atomic mass is 10.0. The fraction of sp³-hybridized carbons (Fsp3) is 0.348. The molecule has 1 aliphatic heterocycles. The molecule has 8 nitrogen and oxygen atoms in total. The molecule has 1 atom stereocenters. The van der Waals surface area contributed by atoms with Crippen LogP contribution in [-0.4, -0.2) is 61.2 Å². The van der Waals surface area contributed by atoms with Crippen LogP contribution >= 0.6 is 22.6 Å². The number of anilines is 1. The highest BCUT2D eigenvalue weighted by molar-refractivity contribution is 14.1. The Morgan fingerprint density at radius 3 is 2.53 bits per heavy atom. The van der Waals surface area contributed by atoms with Crippen LogP contribution in [0, 0.1) is 21.9 Å². The summed E-state index contributed by atoms with van der Waals surface area (Å²) < 4.78 is 6.02. The SMILES string of the molecule is Cc1cc(CC(NC(=O)c2ccc(N3CCOCC3)cc2)C(=O)N(C)C#N)cc(I)c1O. The summed E-state index contributed by atoms with van der Waals surface area (Å²) in [7, 11) is 1.37. The van der Waals surface area contributed by atoms with Gasteiger partial charge in [0.2, 0.25) is 0 Å². The van der Waals surface area contributed by atoms with Gasteiger partial charge in [-0.3, -0.25) is 14.5 Å². The zero-order valence-corrected chi connectivity index (χ0v) is 20.1. The summed E-state index contributed by atoms with van der Waals surface area (Å²) in [4.78, 5) is 28.8. The van der Waals surface area contributed by atoms with Crippen molar-refractivity contribution in [3.8, 4) is 11.9 Å². The number of ether oxygens (including phenoxy) is 1. The molecule has 2 aromatic carbocycles. The minimum atomic E-state index is -0.925. The molecule has 0 radical (unpaired) electrons. The van der Waals surface area contributed by atoms with Crippen LogP contribution in [0.15, 0.2) is 36.4 Å². The zero-order chi connectivity index (χ0) is 23.3. The first kappa shape index (κ1) is 23.8. The summed E-state index contributed by atoms with van der Waals surface area (Å²) in [6.45, 7) is 4.72. The molecule has 1 heterocycles. The van der Waals surface area contributed by atoms with Crippen molar-refractivity contribution in [1.82, 2.24) is 10.2 Å². The number of halogens is 1. The van der Waals surface area contributed by atoms with Crippen molar-refractivity contribution >= 4 is 40.1 Å². The van der Waals surface area contributed by atoms with Crippen LogP contribution in [-0.2, 0) is 16.0 Å². The highest BCUT2D eigenvalue weighted by atomic mass is 127. The Morgan fingerprint density at radius 2 is 1.94 bits per heavy atom. The number of nitrogens with zero attached hydrogens (tertiary/aromatic N) is 3. The third-order valence-corrected chi connectivity index (χ3v) is 6.17. The van der Waals surface area contributed by atoms with E-state index in [2.05, 4.69) is 10.2 Å². The summed E-state index contributed by atoms with van der Waals surface area (Å²) in [5, 5.41) is 21.9. The highest BCUT2D eigenvalue weighted by Crippen LogP contribution is 2.26. The van der Waals surface area contributed by atoms with Crippen molar-refractivity contribution < 1.29 is 19.4 Å². The van der Waals surface area contributed by atoms with Crippen LogP contribution in [0.25, 0.3) is 0 Å². The first-order valence-electron chi connectivity index (χ1n) is 10.2. The van der Waals surface area contributed by atoms with Crippen molar-refractivity contribution in [1.29, 1.82) is 5.26 Å². The van der Waals surface area contributed by atoms with Gasteiger partial charge in [-0.25, -0.2) is 0 Å². The highest BCUT2D eigenvalue weighted by Gasteiger charge is 2.26. The Kier molecular flexibility index (Phi) is 7.93. The van der Waals surface area contributed by atoms with Gasteiger partial charge in [0, 0.05) is 37.8 Å². The van der Waals surface area contributed by atoms with Crippen LogP contribution in [0.3, 0.4) is 0 Å². The first-order valence-corrected chi connectivity index (χ1v) is 11.3. The van der Waals surface area contributed by atoms with Gasteiger partial charge >= 0.3 is 0 Å². The fourth-order valence-electron chi connectivity index (χ4n) is 3.53. The molecule has 0 aromatic heterocycles. The van der Waals surface area contributed by atoms with E-state index in [4.69, 9.17) is 10.00 Å². The normalized spacial score (nSPS) is 14.4. The molecular weight excluding hydrogens is 523 g/mol. The molecular formula is C23H25IN4O4. The molecule has 2 aromatic rings. The Bertz CT molecular complexity index is 1010. The molecule has 0 spiro atoms. The van der Waals surface area contributed by atoms with Gasteiger partial charge in [0.05, 0.1) is 16.8 Å². The number of likely N-dealkylation sites (N-methyl/N-ethyl adjacent to an activating group) is 1. The smallest absolute Gasteiger partial charge is 0.258 e. The molecule has 1 fully saturated rings. The molecule has 168 valence electrons. The second-order valence-electron chi connectivity index (χ2n) is 7.62. The van der Waals surface area contributed by atoms with Crippen molar-refractivity contribution in [3.05, 3.63) is 56.7 Å². The summed E-state index contributed by atoms with van der Waals surface area (Å²) in [5.74, 6) is -0.712. The number of rotatable bonds is 6. The van der Waals surface area contributed by atoms with Gasteiger partial charge in [-0.05, 0) is 71.0 Å². The van der Waals surface area contributed by atoms with Crippen LogP contribution in [0.5, 0.6) is 5.75 Å². The maximum Gasteiger partial charge on any atom is 0.258 e. The molecule has 1 saturated heterocycles. The molecule has 0 saturated carbocycles. The maximum absolute atomic E-state index is 12.9. The van der Waals surface area contributed by atoms with E-state index in [1.807, 2.05) is 34.7 Å². The van der Waals surface area contributed by atoms with Crippen molar-refractivity contribution in [2.24, 2.45) is 0 Å². The second kappa shape index (κ2) is 10.7. The molecule has 2 amide bonds. The average Bonchev–Trinajstić information content (AvgIpc) is 2.81. The van der Waals surface area contributed by atoms with E-state index in [0.29, 0.717) is 27.9 Å². The monoisotopic (exact) mass is 548 g/mol. The lowest BCUT2D eigenvalue weighted by molar-refractivity contribution is -0.129. The van der Waals surface area contributed by atoms with Crippen molar-refractivity contribution in [2.75, 3.05) is 38.3 Å². The van der Waals surface area contributed by atoms with Gasteiger partial charge in [-0.15, -0.1) is 0 Å². The predicted molar refractivity (Wildman–Crippen MR) is 128 cm³/mol. The number of hydrogen-bond acceptors (Lipinski definition) is 6. The number of hydrogen-bond donors (Lipinski definition) is 2. The largest absolute Gasteiger partial charge is 0.507 e. The Hall–Kier alpha value is -2.84. The molecule has 32 heavy (non-hydrogen) atoms. The minimum absolute atomic E-state index is 0.191. The van der Waals surface area contributed by atoms with Crippen molar-refractivity contribution in [2.45, 2.75) is 19.4 Å². The number of phenols is 1. The van der Waals surface area contributed by atoms with Crippen LogP contribution in [0.1, 0.15) is 21.5 Å². The molecule has 1 unspecified atom stereocenters. The van der Waals surface area contributed by atoms with E-state index in [-0.39, 0.29) is 12.2 Å². The Morgan fingerprint density at radius 1 is 1.28 bits per heavy atom. The topological polar surface area (TPSA) is 106 Å². The number of benzene rings is 2. The van der Waals surface area contributed by atoms with Crippen LogP contribution in [0.2, 0.25) is 0 Å². The standard InChI is InChI=1S/C23H25IN4O4/c1-15-11-16(12-19(24)21(15)29)13-20(23(31)27(2)14-25)26-22(30)17-3-5-18(6-4-17)28-7-9-32-10-8-28/h3-6,11-12,20,29H,7-10,13H2,1-2H3,(H,26,30). The number of carbonyl (C=O) groups is 2. The number of nitrogens with one attached hydrogen (secondary N) is 1. The first-order chi connectivity index (χ1) is 15.3. The summed E-state index contributed by atoms with van der Waals surface area (Å²) in [6, 6.07) is 9.82. The number of carbonyl (C=O) groups excluding carboxylic acids is 2. The quantitative estimate of drug-likeness (QED) is 0.327. The minimum Gasteiger partial charge on any atom is -0.507 e. The third kappa shape index (κ3) is 5.69. The summed E-state index contributed by atoms with van der Waals surface area (Å²) in [6.07, 6.45) is 1.99. The van der Waals surface area contributed by atoms with Gasteiger partial charge in [-0.1, -0.05) is 6.07 Å².